The number of hydrogen-bond donors (Lipinski definition) is 1. The summed E-state index contributed by atoms with van der Waals surface area (Å²) in [4.78, 5) is 10.9. The Hall–Kier alpha value is -1.18. The number of rotatable bonds is 4. The van der Waals surface area contributed by atoms with Gasteiger partial charge in [0, 0.05) is 5.54 Å². The minimum absolute atomic E-state index is 0.0476. The quantitative estimate of drug-likeness (QED) is 0.486. The normalized spacial score (nSPS) is 26.6. The maximum Gasteiger partial charge on any atom is 0.160 e. The molecule has 0 aliphatic heterocycles. The summed E-state index contributed by atoms with van der Waals surface area (Å²) in [7, 11) is 1.97. The smallest absolute Gasteiger partial charge is 0.160 e. The minimum atomic E-state index is -0.0476. The molecule has 3 nitrogen and oxygen atoms in total. The van der Waals surface area contributed by atoms with Gasteiger partial charge in [-0.25, -0.2) is 0 Å². The summed E-state index contributed by atoms with van der Waals surface area (Å²) in [6, 6.07) is 1.99. The van der Waals surface area contributed by atoms with Crippen molar-refractivity contribution in [1.82, 2.24) is 5.32 Å². The molecule has 0 aromatic carbocycles. The summed E-state index contributed by atoms with van der Waals surface area (Å²) >= 11 is 3.59. The Labute approximate surface area is 128 Å². The zero-order valence-electron chi connectivity index (χ0n) is 11.9. The van der Waals surface area contributed by atoms with Crippen molar-refractivity contribution in [2.24, 2.45) is 0 Å². The average Bonchev–Trinajstić information content (AvgIpc) is 2.78. The predicted molar refractivity (Wildman–Crippen MR) is 83.3 cm³/mol. The van der Waals surface area contributed by atoms with Crippen LogP contribution in [-0.2, 0) is 4.79 Å². The van der Waals surface area contributed by atoms with E-state index >= 15 is 0 Å². The van der Waals surface area contributed by atoms with E-state index in [1.54, 1.807) is 0 Å². The lowest BCUT2D eigenvalue weighted by atomic mass is 9.86. The average molecular weight is 335 g/mol. The van der Waals surface area contributed by atoms with Crippen LogP contribution in [0.15, 0.2) is 32.9 Å². The van der Waals surface area contributed by atoms with Crippen molar-refractivity contribution in [1.29, 1.82) is 5.26 Å². The first-order valence-electron chi connectivity index (χ1n) is 6.84. The van der Waals surface area contributed by atoms with Gasteiger partial charge in [-0.05, 0) is 62.2 Å². The summed E-state index contributed by atoms with van der Waals surface area (Å²) < 4.78 is 1.26. The Balaban J connectivity index is 2.22. The molecule has 1 N–H and O–H groups in total. The highest BCUT2D eigenvalue weighted by Gasteiger charge is 2.38. The molecule has 1 unspecified atom stereocenters. The third kappa shape index (κ3) is 2.94. The fourth-order valence-electron chi connectivity index (χ4n) is 3.22. The lowest BCUT2D eigenvalue weighted by Gasteiger charge is -2.30. The summed E-state index contributed by atoms with van der Waals surface area (Å²) in [5.41, 5.74) is 4.02. The monoisotopic (exact) mass is 334 g/mol. The molecule has 0 aromatic rings. The molecule has 0 bridgehead atoms. The molecule has 20 heavy (non-hydrogen) atoms. The fourth-order valence-corrected chi connectivity index (χ4v) is 3.70. The number of carbonyl (C=O) groups excluding carboxylic acids is 1. The molecule has 0 heterocycles. The lowest BCUT2D eigenvalue weighted by Crippen LogP contribution is -2.41. The molecule has 1 atom stereocenters. The molecule has 106 valence electrons. The van der Waals surface area contributed by atoms with Gasteiger partial charge < -0.3 is 5.32 Å². The van der Waals surface area contributed by atoms with Crippen LogP contribution in [0.25, 0.3) is 0 Å². The molecule has 0 radical (unpaired) electrons. The van der Waals surface area contributed by atoms with E-state index in [4.69, 9.17) is 5.26 Å². The summed E-state index contributed by atoms with van der Waals surface area (Å²) in [5, 5.41) is 12.4. The Morgan fingerprint density at radius 3 is 2.90 bits per heavy atom. The number of halogens is 1. The van der Waals surface area contributed by atoms with E-state index in [1.165, 1.54) is 15.6 Å². The van der Waals surface area contributed by atoms with Crippen LogP contribution in [0, 0.1) is 11.3 Å². The topological polar surface area (TPSA) is 52.9 Å². The van der Waals surface area contributed by atoms with Gasteiger partial charge in [0.15, 0.2) is 6.29 Å². The first-order valence-corrected chi connectivity index (χ1v) is 7.64. The van der Waals surface area contributed by atoms with E-state index in [9.17, 15) is 4.79 Å². The van der Waals surface area contributed by atoms with E-state index in [1.807, 2.05) is 20.0 Å². The van der Waals surface area contributed by atoms with Crippen LogP contribution in [0.3, 0.4) is 0 Å². The van der Waals surface area contributed by atoms with Crippen LogP contribution in [0.2, 0.25) is 0 Å². The molecule has 0 spiro atoms. The second-order valence-corrected chi connectivity index (χ2v) is 6.72. The van der Waals surface area contributed by atoms with Gasteiger partial charge in [-0.2, -0.15) is 5.26 Å². The van der Waals surface area contributed by atoms with E-state index in [0.29, 0.717) is 6.29 Å². The maximum absolute atomic E-state index is 10.9. The number of aldehydes is 1. The number of allylic oxidation sites excluding steroid dienone is 3. The highest BCUT2D eigenvalue weighted by atomic mass is 79.9. The van der Waals surface area contributed by atoms with E-state index in [2.05, 4.69) is 27.3 Å². The van der Waals surface area contributed by atoms with Gasteiger partial charge in [0.2, 0.25) is 0 Å². The molecule has 2 rings (SSSR count). The molecule has 0 aromatic heterocycles. The molecular weight excluding hydrogens is 316 g/mol. The van der Waals surface area contributed by atoms with Crippen molar-refractivity contribution < 1.29 is 4.79 Å². The maximum atomic E-state index is 10.9. The first kappa shape index (κ1) is 15.2. The van der Waals surface area contributed by atoms with E-state index in [-0.39, 0.29) is 11.1 Å². The second-order valence-electron chi connectivity index (χ2n) is 5.70. The van der Waals surface area contributed by atoms with Crippen LogP contribution in [0.4, 0.5) is 0 Å². The van der Waals surface area contributed by atoms with Gasteiger partial charge in [0.25, 0.3) is 0 Å². The standard InChI is InChI=1S/C16H19BrN2O/c1-11(14(9-18)10-20)6-16(19-2)7-12-3-4-15(17)5-13(12)8-16/h5,10,19H,3-4,6-8H2,1-2H3/b14-11-. The molecule has 4 heteroatoms. The molecule has 2 aliphatic rings. The number of hydrogen-bond acceptors (Lipinski definition) is 3. The van der Waals surface area contributed by atoms with Crippen molar-refractivity contribution in [2.75, 3.05) is 7.05 Å². The zero-order chi connectivity index (χ0) is 14.8. The second kappa shape index (κ2) is 6.07. The molecular formula is C16H19BrN2O. The molecule has 2 aliphatic carbocycles. The van der Waals surface area contributed by atoms with Gasteiger partial charge in [0.1, 0.15) is 6.07 Å². The molecule has 0 saturated heterocycles. The highest BCUT2D eigenvalue weighted by molar-refractivity contribution is 9.11. The highest BCUT2D eigenvalue weighted by Crippen LogP contribution is 2.45. The number of nitrogens with zero attached hydrogens (tertiary/aromatic N) is 1. The molecule has 0 amide bonds. The fraction of sp³-hybridized carbons (Fsp3) is 0.500. The molecule has 0 fully saturated rings. The van der Waals surface area contributed by atoms with Gasteiger partial charge in [0.05, 0.1) is 5.57 Å². The third-order valence-corrected chi connectivity index (χ3v) is 4.99. The third-order valence-electron chi connectivity index (χ3n) is 4.36. The van der Waals surface area contributed by atoms with Gasteiger partial charge >= 0.3 is 0 Å². The van der Waals surface area contributed by atoms with Crippen LogP contribution >= 0.6 is 15.9 Å². The van der Waals surface area contributed by atoms with Gasteiger partial charge in [-0.15, -0.1) is 0 Å². The predicted octanol–water partition coefficient (Wildman–Crippen LogP) is 3.54. The van der Waals surface area contributed by atoms with E-state index in [0.717, 1.165) is 37.7 Å². The summed E-state index contributed by atoms with van der Waals surface area (Å²) in [6.45, 7) is 1.88. The summed E-state index contributed by atoms with van der Waals surface area (Å²) in [5.74, 6) is 0. The van der Waals surface area contributed by atoms with E-state index < -0.39 is 0 Å². The minimum Gasteiger partial charge on any atom is -0.313 e. The van der Waals surface area contributed by atoms with Crippen molar-refractivity contribution in [3.8, 4) is 6.07 Å². The Kier molecular flexibility index (Phi) is 4.62. The Bertz CT molecular complexity index is 566. The van der Waals surface area contributed by atoms with Crippen molar-refractivity contribution in [2.45, 2.75) is 44.6 Å². The van der Waals surface area contributed by atoms with Crippen LogP contribution in [0.5, 0.6) is 0 Å². The molecule has 0 saturated carbocycles. The summed E-state index contributed by atoms with van der Waals surface area (Å²) in [6.07, 6.45) is 7.79. The zero-order valence-corrected chi connectivity index (χ0v) is 13.5. The van der Waals surface area contributed by atoms with Crippen molar-refractivity contribution in [3.63, 3.8) is 0 Å². The number of nitriles is 1. The number of carbonyl (C=O) groups is 1. The van der Waals surface area contributed by atoms with Crippen LogP contribution in [0.1, 0.15) is 39.0 Å². The lowest BCUT2D eigenvalue weighted by molar-refractivity contribution is -0.104. The van der Waals surface area contributed by atoms with Crippen LogP contribution in [-0.4, -0.2) is 18.9 Å². The Morgan fingerprint density at radius 2 is 2.30 bits per heavy atom. The SMILES string of the molecule is CNC1(C/C(C)=C(/C#N)C=O)CC2=C(CCC(Br)=C2)C1. The number of nitrogens with one attached hydrogen (secondary N) is 1. The first-order chi connectivity index (χ1) is 9.53. The van der Waals surface area contributed by atoms with Gasteiger partial charge in [-0.1, -0.05) is 27.1 Å². The van der Waals surface area contributed by atoms with Gasteiger partial charge in [-0.3, -0.25) is 4.79 Å². The van der Waals surface area contributed by atoms with Crippen molar-refractivity contribution >= 4 is 22.2 Å². The van der Waals surface area contributed by atoms with Crippen molar-refractivity contribution in [3.05, 3.63) is 32.9 Å². The largest absolute Gasteiger partial charge is 0.313 e. The van der Waals surface area contributed by atoms with Crippen LogP contribution < -0.4 is 5.32 Å². The Morgan fingerprint density at radius 1 is 1.55 bits per heavy atom.